The topological polar surface area (TPSA) is 79.0 Å². The van der Waals surface area contributed by atoms with Crippen LogP contribution in [0.15, 0.2) is 24.3 Å². The zero-order chi connectivity index (χ0) is 25.7. The molecule has 2 aliphatic heterocycles. The number of benzene rings is 1. The standard InChI is InChI=1S/C27H45N3O4S/c1-6-7-16-34-24-10-8-23(9-11-24)28-25(31)17-29-14-12-27(13-15-29)19-26(4,5)20-30(21-27)35(32,33)18-22(2)3/h8-11,22H,6-7,12-21H2,1-5H3,(H,28,31). The van der Waals surface area contributed by atoms with Gasteiger partial charge in [-0.15, -0.1) is 0 Å². The molecular formula is C27H45N3O4S. The number of likely N-dealkylation sites (tertiary alicyclic amines) is 1. The SMILES string of the molecule is CCCCOc1ccc(NC(=O)CN2CCC3(CC2)CN(S(=O)(=O)CC(C)C)CC(C)(C)C3)cc1. The predicted octanol–water partition coefficient (Wildman–Crippen LogP) is 4.60. The molecule has 0 unspecified atom stereocenters. The first-order valence-corrected chi connectivity index (χ1v) is 14.8. The monoisotopic (exact) mass is 507 g/mol. The fourth-order valence-electron chi connectivity index (χ4n) is 5.65. The van der Waals surface area contributed by atoms with Gasteiger partial charge in [0, 0.05) is 18.8 Å². The number of hydrogen-bond acceptors (Lipinski definition) is 5. The molecule has 2 fully saturated rings. The number of sulfonamides is 1. The van der Waals surface area contributed by atoms with E-state index in [4.69, 9.17) is 4.74 Å². The Balaban J connectivity index is 1.52. The molecule has 0 saturated carbocycles. The van der Waals surface area contributed by atoms with Gasteiger partial charge in [0.1, 0.15) is 5.75 Å². The van der Waals surface area contributed by atoms with Crippen molar-refractivity contribution in [2.45, 2.75) is 66.7 Å². The molecule has 7 nitrogen and oxygen atoms in total. The molecular weight excluding hydrogens is 462 g/mol. The second-order valence-electron chi connectivity index (χ2n) is 11.8. The Hall–Kier alpha value is -1.64. The van der Waals surface area contributed by atoms with Crippen LogP contribution in [0.5, 0.6) is 5.75 Å². The van der Waals surface area contributed by atoms with Crippen LogP contribution in [0.1, 0.15) is 66.7 Å². The van der Waals surface area contributed by atoms with Crippen LogP contribution in [-0.4, -0.2) is 68.6 Å². The van der Waals surface area contributed by atoms with E-state index in [9.17, 15) is 13.2 Å². The highest BCUT2D eigenvalue weighted by atomic mass is 32.2. The van der Waals surface area contributed by atoms with Crippen LogP contribution in [0.2, 0.25) is 0 Å². The zero-order valence-electron chi connectivity index (χ0n) is 22.3. The molecule has 0 bridgehead atoms. The second kappa shape index (κ2) is 11.6. The van der Waals surface area contributed by atoms with Gasteiger partial charge in [-0.2, -0.15) is 0 Å². The smallest absolute Gasteiger partial charge is 0.238 e. The summed E-state index contributed by atoms with van der Waals surface area (Å²) in [6, 6.07) is 7.53. The van der Waals surface area contributed by atoms with Gasteiger partial charge in [-0.05, 0) is 79.8 Å². The van der Waals surface area contributed by atoms with Gasteiger partial charge in [0.15, 0.2) is 0 Å². The molecule has 2 heterocycles. The van der Waals surface area contributed by atoms with Gasteiger partial charge in [-0.1, -0.05) is 41.0 Å². The number of ether oxygens (including phenoxy) is 1. The highest BCUT2D eigenvalue weighted by Crippen LogP contribution is 2.47. The maximum Gasteiger partial charge on any atom is 0.238 e. The van der Waals surface area contributed by atoms with Crippen LogP contribution in [0, 0.1) is 16.7 Å². The van der Waals surface area contributed by atoms with Crippen molar-refractivity contribution in [3.63, 3.8) is 0 Å². The Labute approximate surface area is 212 Å². The van der Waals surface area contributed by atoms with Crippen molar-refractivity contribution in [2.24, 2.45) is 16.7 Å². The number of anilines is 1. The van der Waals surface area contributed by atoms with E-state index < -0.39 is 10.0 Å². The lowest BCUT2D eigenvalue weighted by atomic mass is 9.65. The number of rotatable bonds is 10. The number of nitrogens with zero attached hydrogens (tertiary/aromatic N) is 2. The van der Waals surface area contributed by atoms with E-state index in [-0.39, 0.29) is 28.4 Å². The zero-order valence-corrected chi connectivity index (χ0v) is 23.1. The van der Waals surface area contributed by atoms with Crippen LogP contribution >= 0.6 is 0 Å². The first-order valence-electron chi connectivity index (χ1n) is 13.1. The van der Waals surface area contributed by atoms with Crippen molar-refractivity contribution in [1.29, 1.82) is 0 Å². The van der Waals surface area contributed by atoms with E-state index in [0.29, 0.717) is 26.2 Å². The Kier molecular flexibility index (Phi) is 9.27. The molecule has 1 N–H and O–H groups in total. The highest BCUT2D eigenvalue weighted by Gasteiger charge is 2.47. The van der Waals surface area contributed by atoms with Crippen LogP contribution in [0.3, 0.4) is 0 Å². The Morgan fingerprint density at radius 1 is 1.11 bits per heavy atom. The minimum Gasteiger partial charge on any atom is -0.494 e. The first kappa shape index (κ1) is 27.9. The van der Waals surface area contributed by atoms with Crippen molar-refractivity contribution in [2.75, 3.05) is 50.4 Å². The molecule has 35 heavy (non-hydrogen) atoms. The lowest BCUT2D eigenvalue weighted by Crippen LogP contribution is -2.56. The fourth-order valence-corrected chi connectivity index (χ4v) is 7.72. The van der Waals surface area contributed by atoms with Crippen LogP contribution in [-0.2, 0) is 14.8 Å². The number of unbranched alkanes of at least 4 members (excludes halogenated alkanes) is 1. The van der Waals surface area contributed by atoms with E-state index in [1.165, 1.54) is 0 Å². The van der Waals surface area contributed by atoms with E-state index in [2.05, 4.69) is 31.0 Å². The minimum absolute atomic E-state index is 0.00756. The summed E-state index contributed by atoms with van der Waals surface area (Å²) in [7, 11) is -3.26. The number of carbonyl (C=O) groups excluding carboxylic acids is 1. The largest absolute Gasteiger partial charge is 0.494 e. The van der Waals surface area contributed by atoms with E-state index >= 15 is 0 Å². The third-order valence-electron chi connectivity index (χ3n) is 7.10. The number of hydrogen-bond donors (Lipinski definition) is 1. The molecule has 1 spiro atoms. The molecule has 1 amide bonds. The predicted molar refractivity (Wildman–Crippen MR) is 142 cm³/mol. The molecule has 0 aromatic heterocycles. The highest BCUT2D eigenvalue weighted by molar-refractivity contribution is 7.89. The molecule has 198 valence electrons. The summed E-state index contributed by atoms with van der Waals surface area (Å²) in [5.74, 6) is 1.12. The van der Waals surface area contributed by atoms with Gasteiger partial charge in [-0.3, -0.25) is 9.69 Å². The average molecular weight is 508 g/mol. The maximum atomic E-state index is 13.0. The molecule has 2 saturated heterocycles. The average Bonchev–Trinajstić information content (AvgIpc) is 2.75. The van der Waals surface area contributed by atoms with E-state index in [1.807, 2.05) is 38.1 Å². The maximum absolute atomic E-state index is 13.0. The van der Waals surface area contributed by atoms with Crippen LogP contribution in [0.25, 0.3) is 0 Å². The van der Waals surface area contributed by atoms with Gasteiger partial charge in [0.2, 0.25) is 15.9 Å². The van der Waals surface area contributed by atoms with Crippen molar-refractivity contribution in [3.05, 3.63) is 24.3 Å². The first-order chi connectivity index (χ1) is 16.4. The number of amides is 1. The summed E-state index contributed by atoms with van der Waals surface area (Å²) < 4.78 is 33.5. The van der Waals surface area contributed by atoms with Gasteiger partial charge < -0.3 is 10.1 Å². The Morgan fingerprint density at radius 2 is 1.77 bits per heavy atom. The Morgan fingerprint density at radius 3 is 2.37 bits per heavy atom. The van der Waals surface area contributed by atoms with Gasteiger partial charge in [0.05, 0.1) is 18.9 Å². The molecule has 0 radical (unpaired) electrons. The van der Waals surface area contributed by atoms with Crippen molar-refractivity contribution in [1.82, 2.24) is 9.21 Å². The third-order valence-corrected chi connectivity index (χ3v) is 9.23. The summed E-state index contributed by atoms with van der Waals surface area (Å²) in [6.45, 7) is 14.3. The molecule has 1 aromatic carbocycles. The summed E-state index contributed by atoms with van der Waals surface area (Å²) in [5.41, 5.74) is 0.715. The minimum atomic E-state index is -3.26. The number of nitrogens with one attached hydrogen (secondary N) is 1. The second-order valence-corrected chi connectivity index (χ2v) is 13.8. The van der Waals surface area contributed by atoms with E-state index in [0.717, 1.165) is 56.6 Å². The molecule has 1 aromatic rings. The van der Waals surface area contributed by atoms with Crippen molar-refractivity contribution < 1.29 is 17.9 Å². The molecule has 0 atom stereocenters. The van der Waals surface area contributed by atoms with Crippen LogP contribution in [0.4, 0.5) is 5.69 Å². The van der Waals surface area contributed by atoms with E-state index in [1.54, 1.807) is 4.31 Å². The Bertz CT molecular complexity index is 936. The van der Waals surface area contributed by atoms with Gasteiger partial charge >= 0.3 is 0 Å². The van der Waals surface area contributed by atoms with Gasteiger partial charge in [-0.25, -0.2) is 12.7 Å². The van der Waals surface area contributed by atoms with Crippen molar-refractivity contribution in [3.8, 4) is 5.75 Å². The fraction of sp³-hybridized carbons (Fsp3) is 0.741. The molecule has 0 aliphatic carbocycles. The quantitative estimate of drug-likeness (QED) is 0.468. The summed E-state index contributed by atoms with van der Waals surface area (Å²) >= 11 is 0. The lowest BCUT2D eigenvalue weighted by molar-refractivity contribution is -0.118. The normalized spacial score (nSPS) is 20.7. The number of piperidine rings is 2. The third kappa shape index (κ3) is 8.19. The van der Waals surface area contributed by atoms with Gasteiger partial charge in [0.25, 0.3) is 0 Å². The number of carbonyl (C=O) groups is 1. The molecule has 2 aliphatic rings. The van der Waals surface area contributed by atoms with Crippen LogP contribution < -0.4 is 10.1 Å². The van der Waals surface area contributed by atoms with Crippen molar-refractivity contribution >= 4 is 21.6 Å². The summed E-state index contributed by atoms with van der Waals surface area (Å²) in [5, 5.41) is 2.99. The molecule has 3 rings (SSSR count). The summed E-state index contributed by atoms with van der Waals surface area (Å²) in [6.07, 6.45) is 4.99. The summed E-state index contributed by atoms with van der Waals surface area (Å²) in [4.78, 5) is 14.9. The lowest BCUT2D eigenvalue weighted by Gasteiger charge is -2.52. The molecule has 8 heteroatoms.